The first-order valence-corrected chi connectivity index (χ1v) is 9.75. The molecular formula is C23H32N2O2. The van der Waals surface area contributed by atoms with Gasteiger partial charge in [-0.3, -0.25) is 9.69 Å². The fourth-order valence-electron chi connectivity index (χ4n) is 3.13. The van der Waals surface area contributed by atoms with Gasteiger partial charge >= 0.3 is 0 Å². The molecule has 0 radical (unpaired) electrons. The first kappa shape index (κ1) is 21.0. The van der Waals surface area contributed by atoms with E-state index in [0.717, 1.165) is 24.4 Å². The van der Waals surface area contributed by atoms with Gasteiger partial charge in [0, 0.05) is 37.3 Å². The second kappa shape index (κ2) is 10.1. The summed E-state index contributed by atoms with van der Waals surface area (Å²) in [6.07, 6.45) is 0. The molecule has 0 bridgehead atoms. The van der Waals surface area contributed by atoms with Crippen LogP contribution in [0.1, 0.15) is 49.2 Å². The van der Waals surface area contributed by atoms with Crippen molar-refractivity contribution in [1.82, 2.24) is 9.80 Å². The zero-order valence-electron chi connectivity index (χ0n) is 17.2. The Morgan fingerprint density at radius 3 is 2.26 bits per heavy atom. The molecule has 146 valence electrons. The molecule has 2 aromatic rings. The van der Waals surface area contributed by atoms with Crippen molar-refractivity contribution in [1.29, 1.82) is 0 Å². The molecule has 0 saturated carbocycles. The van der Waals surface area contributed by atoms with Gasteiger partial charge in [-0.1, -0.05) is 37.3 Å². The third-order valence-corrected chi connectivity index (χ3v) is 4.75. The number of rotatable bonds is 9. The minimum Gasteiger partial charge on any atom is -0.494 e. The van der Waals surface area contributed by atoms with Gasteiger partial charge in [-0.15, -0.1) is 0 Å². The van der Waals surface area contributed by atoms with Crippen molar-refractivity contribution >= 4 is 5.91 Å². The lowest BCUT2D eigenvalue weighted by Crippen LogP contribution is -2.30. The number of nitrogens with zero attached hydrogens (tertiary/aromatic N) is 2. The molecule has 27 heavy (non-hydrogen) atoms. The number of benzene rings is 2. The Labute approximate surface area is 163 Å². The first-order chi connectivity index (χ1) is 13.0. The number of carbonyl (C=O) groups excluding carboxylic acids is 1. The fourth-order valence-corrected chi connectivity index (χ4v) is 3.13. The molecule has 0 atom stereocenters. The summed E-state index contributed by atoms with van der Waals surface area (Å²) < 4.78 is 5.66. The van der Waals surface area contributed by atoms with Crippen LogP contribution in [0.25, 0.3) is 0 Å². The van der Waals surface area contributed by atoms with E-state index in [-0.39, 0.29) is 5.91 Å². The van der Waals surface area contributed by atoms with Crippen LogP contribution in [-0.2, 0) is 13.1 Å². The average molecular weight is 369 g/mol. The maximum Gasteiger partial charge on any atom is 0.253 e. The fraction of sp³-hybridized carbons (Fsp3) is 0.435. The Morgan fingerprint density at radius 1 is 1.00 bits per heavy atom. The third kappa shape index (κ3) is 5.83. The van der Waals surface area contributed by atoms with Crippen molar-refractivity contribution in [2.75, 3.05) is 20.2 Å². The molecule has 4 heteroatoms. The molecule has 0 aromatic heterocycles. The van der Waals surface area contributed by atoms with Gasteiger partial charge in [0.2, 0.25) is 0 Å². The quantitative estimate of drug-likeness (QED) is 0.649. The van der Waals surface area contributed by atoms with Crippen LogP contribution in [0.3, 0.4) is 0 Å². The molecule has 0 heterocycles. The maximum absolute atomic E-state index is 12.8. The second-order valence-corrected chi connectivity index (χ2v) is 7.06. The summed E-state index contributed by atoms with van der Waals surface area (Å²) in [5, 5.41) is 0. The molecule has 2 aromatic carbocycles. The Morgan fingerprint density at radius 2 is 1.67 bits per heavy atom. The number of hydrogen-bond acceptors (Lipinski definition) is 3. The number of hydrogen-bond donors (Lipinski definition) is 0. The van der Waals surface area contributed by atoms with Crippen LogP contribution < -0.4 is 4.74 Å². The lowest BCUT2D eigenvalue weighted by atomic mass is 10.1. The second-order valence-electron chi connectivity index (χ2n) is 7.06. The topological polar surface area (TPSA) is 32.8 Å². The van der Waals surface area contributed by atoms with E-state index in [0.29, 0.717) is 24.8 Å². The largest absolute Gasteiger partial charge is 0.494 e. The monoisotopic (exact) mass is 368 g/mol. The van der Waals surface area contributed by atoms with E-state index in [1.165, 1.54) is 5.56 Å². The van der Waals surface area contributed by atoms with Crippen molar-refractivity contribution in [3.8, 4) is 5.75 Å². The van der Waals surface area contributed by atoms with E-state index in [4.69, 9.17) is 4.74 Å². The summed E-state index contributed by atoms with van der Waals surface area (Å²) in [4.78, 5) is 16.9. The lowest BCUT2D eigenvalue weighted by Gasteiger charge is -2.25. The van der Waals surface area contributed by atoms with Crippen molar-refractivity contribution in [2.45, 2.75) is 46.8 Å². The molecule has 0 aliphatic carbocycles. The standard InChI is InChI=1S/C23H32N2O2/c1-6-25(18(3)4)16-19-12-14-20(15-13-19)23(26)24(5)17-21-10-8-9-11-22(21)27-7-2/h8-15,18H,6-7,16-17H2,1-5H3. The van der Waals surface area contributed by atoms with Crippen molar-refractivity contribution < 1.29 is 9.53 Å². The van der Waals surface area contributed by atoms with Crippen LogP contribution in [0.4, 0.5) is 0 Å². The van der Waals surface area contributed by atoms with E-state index in [2.05, 4.69) is 37.8 Å². The SMILES string of the molecule is CCOc1ccccc1CN(C)C(=O)c1ccc(CN(CC)C(C)C)cc1. The van der Waals surface area contributed by atoms with Gasteiger partial charge < -0.3 is 9.64 Å². The van der Waals surface area contributed by atoms with Crippen molar-refractivity contribution in [2.24, 2.45) is 0 Å². The Bertz CT molecular complexity index is 725. The molecule has 0 aliphatic heterocycles. The predicted molar refractivity (Wildman–Crippen MR) is 111 cm³/mol. The zero-order chi connectivity index (χ0) is 19.8. The number of carbonyl (C=O) groups is 1. The van der Waals surface area contributed by atoms with Crippen LogP contribution in [0.5, 0.6) is 5.75 Å². The number of ether oxygens (including phenoxy) is 1. The van der Waals surface area contributed by atoms with E-state index >= 15 is 0 Å². The molecule has 0 saturated heterocycles. The summed E-state index contributed by atoms with van der Waals surface area (Å²) in [5.41, 5.74) is 2.96. The van der Waals surface area contributed by atoms with Crippen LogP contribution in [0, 0.1) is 0 Å². The van der Waals surface area contributed by atoms with E-state index in [1.54, 1.807) is 4.90 Å². The van der Waals surface area contributed by atoms with Crippen LogP contribution >= 0.6 is 0 Å². The summed E-state index contributed by atoms with van der Waals surface area (Å²) in [5.74, 6) is 0.854. The first-order valence-electron chi connectivity index (χ1n) is 9.75. The van der Waals surface area contributed by atoms with Gasteiger partial charge in [-0.2, -0.15) is 0 Å². The lowest BCUT2D eigenvalue weighted by molar-refractivity contribution is 0.0784. The van der Waals surface area contributed by atoms with Crippen LogP contribution in [0.15, 0.2) is 48.5 Å². The highest BCUT2D eigenvalue weighted by molar-refractivity contribution is 5.94. The minimum absolute atomic E-state index is 0.0176. The smallest absolute Gasteiger partial charge is 0.253 e. The van der Waals surface area contributed by atoms with Crippen molar-refractivity contribution in [3.63, 3.8) is 0 Å². The summed E-state index contributed by atoms with van der Waals surface area (Å²) in [6, 6.07) is 16.3. The van der Waals surface area contributed by atoms with Crippen LogP contribution in [-0.4, -0.2) is 41.9 Å². The van der Waals surface area contributed by atoms with Crippen molar-refractivity contribution in [3.05, 3.63) is 65.2 Å². The Kier molecular flexibility index (Phi) is 7.86. The maximum atomic E-state index is 12.8. The summed E-state index contributed by atoms with van der Waals surface area (Å²) in [6.45, 7) is 11.6. The molecule has 0 spiro atoms. The Hall–Kier alpha value is -2.33. The molecule has 2 rings (SSSR count). The average Bonchev–Trinajstić information content (AvgIpc) is 2.67. The predicted octanol–water partition coefficient (Wildman–Crippen LogP) is 4.59. The zero-order valence-corrected chi connectivity index (χ0v) is 17.2. The molecule has 0 N–H and O–H groups in total. The van der Waals surface area contributed by atoms with Gasteiger partial charge in [0.15, 0.2) is 0 Å². The molecule has 1 amide bonds. The molecule has 4 nitrogen and oxygen atoms in total. The molecule has 0 aliphatic rings. The van der Waals surface area contributed by atoms with E-state index < -0.39 is 0 Å². The van der Waals surface area contributed by atoms with Crippen LogP contribution in [0.2, 0.25) is 0 Å². The highest BCUT2D eigenvalue weighted by atomic mass is 16.5. The highest BCUT2D eigenvalue weighted by Gasteiger charge is 2.15. The minimum atomic E-state index is 0.0176. The van der Waals surface area contributed by atoms with E-state index in [9.17, 15) is 4.79 Å². The molecule has 0 unspecified atom stereocenters. The van der Waals surface area contributed by atoms with Gasteiger partial charge in [0.25, 0.3) is 5.91 Å². The van der Waals surface area contributed by atoms with Gasteiger partial charge in [0.05, 0.1) is 6.61 Å². The summed E-state index contributed by atoms with van der Waals surface area (Å²) >= 11 is 0. The molecule has 0 fully saturated rings. The highest BCUT2D eigenvalue weighted by Crippen LogP contribution is 2.20. The van der Waals surface area contributed by atoms with Gasteiger partial charge in [0.1, 0.15) is 5.75 Å². The number of amides is 1. The normalized spacial score (nSPS) is 11.1. The molecular weight excluding hydrogens is 336 g/mol. The third-order valence-electron chi connectivity index (χ3n) is 4.75. The number of para-hydroxylation sites is 1. The summed E-state index contributed by atoms with van der Waals surface area (Å²) in [7, 11) is 1.83. The van der Waals surface area contributed by atoms with E-state index in [1.807, 2.05) is 50.4 Å². The Balaban J connectivity index is 2.04. The van der Waals surface area contributed by atoms with Gasteiger partial charge in [-0.05, 0) is 51.1 Å². The van der Waals surface area contributed by atoms with Gasteiger partial charge in [-0.25, -0.2) is 0 Å².